The number of anilines is 1. The Labute approximate surface area is 247 Å². The number of carbonyl (C=O) groups excluding carboxylic acids is 1. The fourth-order valence-electron chi connectivity index (χ4n) is 6.29. The maximum atomic E-state index is 15.2. The van der Waals surface area contributed by atoms with Gasteiger partial charge in [0.05, 0.1) is 10.7 Å². The van der Waals surface area contributed by atoms with Gasteiger partial charge in [0.15, 0.2) is 0 Å². The van der Waals surface area contributed by atoms with Gasteiger partial charge in [-0.05, 0) is 99.6 Å². The summed E-state index contributed by atoms with van der Waals surface area (Å²) in [7, 11) is 0. The lowest BCUT2D eigenvalue weighted by molar-refractivity contribution is -0.138. The number of hydrazine groups is 1. The van der Waals surface area contributed by atoms with Gasteiger partial charge < -0.3 is 10.3 Å². The second-order valence-corrected chi connectivity index (χ2v) is 12.1. The number of likely N-dealkylation sites (tertiary alicyclic amines) is 1. The molecule has 3 N–H and O–H groups in total. The number of amides is 1. The molecule has 1 saturated carbocycles. The van der Waals surface area contributed by atoms with Crippen LogP contribution in [0.3, 0.4) is 0 Å². The molecule has 3 unspecified atom stereocenters. The van der Waals surface area contributed by atoms with Crippen molar-refractivity contribution in [1.29, 1.82) is 5.41 Å². The lowest BCUT2D eigenvalue weighted by Crippen LogP contribution is -2.45. The summed E-state index contributed by atoms with van der Waals surface area (Å²) in [6.07, 6.45) is 9.11. The summed E-state index contributed by atoms with van der Waals surface area (Å²) in [5.41, 5.74) is 4.51. The monoisotopic (exact) mass is 582 g/mol. The molecule has 0 aromatic heterocycles. The summed E-state index contributed by atoms with van der Waals surface area (Å²) in [5.74, 6) is 4.55. The van der Waals surface area contributed by atoms with Crippen LogP contribution in [0.4, 0.5) is 14.5 Å². The van der Waals surface area contributed by atoms with E-state index in [4.69, 9.17) is 22.9 Å². The number of aryl methyl sites for hydroxylation is 1. The summed E-state index contributed by atoms with van der Waals surface area (Å²) in [6.45, 7) is 11.0. The topological polar surface area (TPSA) is 73.4 Å². The van der Waals surface area contributed by atoms with Crippen molar-refractivity contribution >= 4 is 28.9 Å². The molecule has 1 heterocycles. The normalized spacial score (nSPS) is 24.6. The first kappa shape index (κ1) is 30.9. The molecule has 2 fully saturated rings. The predicted octanol–water partition coefficient (Wildman–Crippen LogP) is 8.14. The van der Waals surface area contributed by atoms with Gasteiger partial charge in [-0.3, -0.25) is 9.80 Å². The molecule has 0 bridgehead atoms. The van der Waals surface area contributed by atoms with E-state index in [1.54, 1.807) is 11.1 Å². The third kappa shape index (κ3) is 7.25. The molecule has 220 valence electrons. The highest BCUT2D eigenvalue weighted by Crippen LogP contribution is 2.42. The van der Waals surface area contributed by atoms with Gasteiger partial charge in [0.1, 0.15) is 11.7 Å². The average Bonchev–Trinajstić information content (AvgIpc) is 3.19. The molecular weight excluding hydrogens is 542 g/mol. The molecule has 41 heavy (non-hydrogen) atoms. The van der Waals surface area contributed by atoms with Crippen molar-refractivity contribution in [3.05, 3.63) is 88.2 Å². The molecule has 0 spiro atoms. The van der Waals surface area contributed by atoms with Crippen molar-refractivity contribution in [2.24, 2.45) is 29.5 Å². The highest BCUT2D eigenvalue weighted by atomic mass is 35.5. The third-order valence-corrected chi connectivity index (χ3v) is 8.90. The first-order valence-electron chi connectivity index (χ1n) is 14.4. The van der Waals surface area contributed by atoms with Crippen LogP contribution in [0, 0.1) is 36.0 Å². The molecule has 1 amide bonds. The van der Waals surface area contributed by atoms with Crippen LogP contribution in [0.1, 0.15) is 57.9 Å². The van der Waals surface area contributed by atoms with Gasteiger partial charge in [0.25, 0.3) is 0 Å². The van der Waals surface area contributed by atoms with Crippen LogP contribution in [0.15, 0.2) is 77.6 Å². The van der Waals surface area contributed by atoms with Crippen LogP contribution >= 0.6 is 11.6 Å². The smallest absolute Gasteiger partial charge is 0.226 e. The first-order valence-corrected chi connectivity index (χ1v) is 14.8. The van der Waals surface area contributed by atoms with E-state index in [2.05, 4.69) is 6.58 Å². The van der Waals surface area contributed by atoms with Crippen LogP contribution in [0.25, 0.3) is 0 Å². The standard InChI is InChI=1S/C33H41ClF2N4O/c1-20(2)16-31(40(38)32-17-21(3)8-10-28(32)34)23-12-14-39(15-13-23)33(41)26-9-11-30(37)22(4)18-27(26)25-7-5-6-24(35)19-29(25)36/h6-8,10,16-17,19,22-23,26-27,37H,1,5,9,11-15,18,38H2,2-4H3. The molecule has 4 rings (SSSR count). The van der Waals surface area contributed by atoms with E-state index in [9.17, 15) is 9.18 Å². The van der Waals surface area contributed by atoms with Gasteiger partial charge in [0.2, 0.25) is 5.91 Å². The Morgan fingerprint density at radius 2 is 1.93 bits per heavy atom. The van der Waals surface area contributed by atoms with Crippen molar-refractivity contribution in [2.75, 3.05) is 18.1 Å². The number of nitrogens with two attached hydrogens (primary N) is 1. The number of piperidine rings is 1. The minimum absolute atomic E-state index is 0.0153. The lowest BCUT2D eigenvalue weighted by atomic mass is 9.78. The maximum absolute atomic E-state index is 15.2. The predicted molar refractivity (Wildman–Crippen MR) is 164 cm³/mol. The fourth-order valence-corrected chi connectivity index (χ4v) is 6.49. The Bertz CT molecular complexity index is 1320. The van der Waals surface area contributed by atoms with Crippen molar-refractivity contribution < 1.29 is 13.6 Å². The van der Waals surface area contributed by atoms with Crippen molar-refractivity contribution in [1.82, 2.24) is 4.90 Å². The Morgan fingerprint density at radius 3 is 2.61 bits per heavy atom. The van der Waals surface area contributed by atoms with E-state index < -0.39 is 23.5 Å². The number of nitrogens with one attached hydrogen (secondary N) is 1. The zero-order valence-corrected chi connectivity index (χ0v) is 25.0. The highest BCUT2D eigenvalue weighted by molar-refractivity contribution is 6.33. The summed E-state index contributed by atoms with van der Waals surface area (Å²) in [5, 5.41) is 10.6. The number of hydrogen-bond acceptors (Lipinski definition) is 4. The molecule has 2 aliphatic carbocycles. The summed E-state index contributed by atoms with van der Waals surface area (Å²) < 4.78 is 29.1. The molecule has 1 saturated heterocycles. The van der Waals surface area contributed by atoms with E-state index in [0.29, 0.717) is 67.2 Å². The van der Waals surface area contributed by atoms with Crippen LogP contribution in [-0.2, 0) is 4.79 Å². The number of benzene rings is 1. The molecular formula is C33H41ClF2N4O. The van der Waals surface area contributed by atoms with Gasteiger partial charge in [-0.25, -0.2) is 14.6 Å². The number of halogens is 3. The van der Waals surface area contributed by atoms with Gasteiger partial charge in [-0.2, -0.15) is 0 Å². The van der Waals surface area contributed by atoms with E-state index >= 15 is 4.39 Å². The third-order valence-electron chi connectivity index (χ3n) is 8.58. The highest BCUT2D eigenvalue weighted by Gasteiger charge is 2.40. The summed E-state index contributed by atoms with van der Waals surface area (Å²) in [4.78, 5) is 15.9. The fraction of sp³-hybridized carbons (Fsp3) is 0.455. The Hall–Kier alpha value is -3.03. The second kappa shape index (κ2) is 13.3. The number of rotatable bonds is 6. The van der Waals surface area contributed by atoms with Crippen LogP contribution in [0.5, 0.6) is 0 Å². The minimum atomic E-state index is -0.620. The molecule has 1 aliphatic heterocycles. The largest absolute Gasteiger partial charge is 0.342 e. The maximum Gasteiger partial charge on any atom is 0.226 e. The molecule has 0 radical (unpaired) electrons. The van der Waals surface area contributed by atoms with E-state index in [1.807, 2.05) is 49.9 Å². The van der Waals surface area contributed by atoms with Gasteiger partial charge in [0, 0.05) is 42.4 Å². The molecule has 5 nitrogen and oxygen atoms in total. The molecule has 8 heteroatoms. The van der Waals surface area contributed by atoms with Crippen LogP contribution < -0.4 is 10.9 Å². The number of carbonyl (C=O) groups is 1. The zero-order valence-electron chi connectivity index (χ0n) is 24.2. The minimum Gasteiger partial charge on any atom is -0.342 e. The Balaban J connectivity index is 1.54. The van der Waals surface area contributed by atoms with Crippen molar-refractivity contribution in [3.63, 3.8) is 0 Å². The quantitative estimate of drug-likeness (QED) is 0.154. The molecule has 1 aromatic rings. The molecule has 3 atom stereocenters. The summed E-state index contributed by atoms with van der Waals surface area (Å²) in [6, 6.07) is 5.73. The van der Waals surface area contributed by atoms with Gasteiger partial charge >= 0.3 is 0 Å². The van der Waals surface area contributed by atoms with E-state index in [-0.39, 0.29) is 24.2 Å². The Kier molecular flexibility index (Phi) is 10.0. The van der Waals surface area contributed by atoms with Gasteiger partial charge in [-0.15, -0.1) is 0 Å². The number of hydrogen-bond donors (Lipinski definition) is 2. The second-order valence-electron chi connectivity index (χ2n) is 11.7. The lowest BCUT2D eigenvalue weighted by Gasteiger charge is -2.39. The summed E-state index contributed by atoms with van der Waals surface area (Å²) >= 11 is 6.50. The van der Waals surface area contributed by atoms with Crippen LogP contribution in [0.2, 0.25) is 5.02 Å². The Morgan fingerprint density at radius 1 is 1.22 bits per heavy atom. The molecule has 3 aliphatic rings. The van der Waals surface area contributed by atoms with Crippen molar-refractivity contribution in [2.45, 2.75) is 59.3 Å². The van der Waals surface area contributed by atoms with E-state index in [0.717, 1.165) is 22.9 Å². The van der Waals surface area contributed by atoms with Crippen molar-refractivity contribution in [3.8, 4) is 0 Å². The van der Waals surface area contributed by atoms with Crippen LogP contribution in [-0.4, -0.2) is 29.6 Å². The average molecular weight is 583 g/mol. The first-order chi connectivity index (χ1) is 19.5. The number of allylic oxidation sites excluding steroid dienone is 9. The zero-order chi connectivity index (χ0) is 29.8. The van der Waals surface area contributed by atoms with E-state index in [1.165, 1.54) is 6.08 Å². The van der Waals surface area contributed by atoms with Gasteiger partial charge in [-0.1, -0.05) is 42.8 Å². The number of nitrogens with zero attached hydrogens (tertiary/aromatic N) is 2. The molecule has 1 aromatic carbocycles. The SMILES string of the molecule is C=C(C)C=C(C1CCN(C(=O)C2CCC(=N)C(C)CC2C2=CCC=C(F)C=C2F)CC1)N(N)c1cc(C)ccc1Cl.